The van der Waals surface area contributed by atoms with Gasteiger partial charge in [-0.2, -0.15) is 5.10 Å². The molecule has 1 heterocycles. The quantitative estimate of drug-likeness (QED) is 0.875. The van der Waals surface area contributed by atoms with Gasteiger partial charge in [-0.05, 0) is 25.8 Å². The Morgan fingerprint density at radius 3 is 3.00 bits per heavy atom. The number of nitrogens with one attached hydrogen (secondary N) is 1. The maximum Gasteiger partial charge on any atom is 0.186 e. The topological polar surface area (TPSA) is 42.7 Å². The molecule has 96 valence electrons. The molecule has 0 aliphatic heterocycles. The van der Waals surface area contributed by atoms with Gasteiger partial charge in [-0.3, -0.25) is 0 Å². The van der Waals surface area contributed by atoms with Crippen LogP contribution in [-0.2, 0) is 7.05 Å². The third-order valence-corrected chi connectivity index (χ3v) is 4.73. The van der Waals surface area contributed by atoms with E-state index < -0.39 is 0 Å². The molecule has 2 unspecified atom stereocenters. The van der Waals surface area contributed by atoms with Crippen molar-refractivity contribution in [1.29, 1.82) is 0 Å². The molecule has 17 heavy (non-hydrogen) atoms. The van der Waals surface area contributed by atoms with E-state index in [1.807, 2.05) is 23.5 Å². The molecule has 5 heteroatoms. The molecular weight excluding hydrogens is 232 g/mol. The molecule has 4 nitrogen and oxygen atoms in total. The zero-order valence-corrected chi connectivity index (χ0v) is 11.5. The van der Waals surface area contributed by atoms with Crippen molar-refractivity contribution in [2.75, 3.05) is 6.54 Å². The highest BCUT2D eigenvalue weighted by atomic mass is 32.2. The minimum Gasteiger partial charge on any atom is -0.313 e. The summed E-state index contributed by atoms with van der Waals surface area (Å²) in [5.74, 6) is 0. The van der Waals surface area contributed by atoms with E-state index in [2.05, 4.69) is 22.3 Å². The van der Waals surface area contributed by atoms with Crippen LogP contribution in [0.4, 0.5) is 0 Å². The lowest BCUT2D eigenvalue weighted by Gasteiger charge is -2.31. The van der Waals surface area contributed by atoms with Crippen molar-refractivity contribution in [2.45, 2.75) is 55.5 Å². The minimum atomic E-state index is 0.644. The summed E-state index contributed by atoms with van der Waals surface area (Å²) in [7, 11) is 1.96. The number of thioether (sulfide) groups is 1. The van der Waals surface area contributed by atoms with Crippen LogP contribution in [0.5, 0.6) is 0 Å². The molecule has 1 aromatic rings. The Morgan fingerprint density at radius 2 is 2.29 bits per heavy atom. The monoisotopic (exact) mass is 254 g/mol. The van der Waals surface area contributed by atoms with Crippen LogP contribution in [0.1, 0.15) is 39.0 Å². The molecule has 2 atom stereocenters. The van der Waals surface area contributed by atoms with Gasteiger partial charge in [-0.1, -0.05) is 31.5 Å². The third-order valence-electron chi connectivity index (χ3n) is 3.29. The van der Waals surface area contributed by atoms with Crippen LogP contribution in [0.15, 0.2) is 11.5 Å². The smallest absolute Gasteiger partial charge is 0.186 e. The lowest BCUT2D eigenvalue weighted by atomic mass is 9.95. The van der Waals surface area contributed by atoms with E-state index in [9.17, 15) is 0 Å². The van der Waals surface area contributed by atoms with Crippen LogP contribution in [0.2, 0.25) is 0 Å². The number of hydrogen-bond donors (Lipinski definition) is 1. The molecule has 1 fully saturated rings. The highest BCUT2D eigenvalue weighted by Gasteiger charge is 2.26. The summed E-state index contributed by atoms with van der Waals surface area (Å²) in [6.07, 6.45) is 8.14. The van der Waals surface area contributed by atoms with E-state index in [-0.39, 0.29) is 0 Å². The maximum atomic E-state index is 4.31. The molecule has 1 saturated carbocycles. The van der Waals surface area contributed by atoms with Crippen molar-refractivity contribution in [3.8, 4) is 0 Å². The Hall–Kier alpha value is -0.550. The van der Waals surface area contributed by atoms with Gasteiger partial charge in [-0.15, -0.1) is 0 Å². The van der Waals surface area contributed by atoms with Crippen molar-refractivity contribution in [1.82, 2.24) is 20.1 Å². The van der Waals surface area contributed by atoms with Gasteiger partial charge in [0.05, 0.1) is 0 Å². The number of nitrogens with zero attached hydrogens (tertiary/aromatic N) is 3. The fourth-order valence-corrected chi connectivity index (χ4v) is 3.59. The summed E-state index contributed by atoms with van der Waals surface area (Å²) >= 11 is 1.88. The lowest BCUT2D eigenvalue weighted by Crippen LogP contribution is -2.40. The molecular formula is C12H22N4S. The average Bonchev–Trinajstić information content (AvgIpc) is 2.74. The van der Waals surface area contributed by atoms with Gasteiger partial charge in [0.2, 0.25) is 0 Å². The van der Waals surface area contributed by atoms with Crippen molar-refractivity contribution < 1.29 is 0 Å². The zero-order chi connectivity index (χ0) is 12.1. The highest BCUT2D eigenvalue weighted by molar-refractivity contribution is 7.99. The molecule has 0 spiro atoms. The Labute approximate surface area is 108 Å². The summed E-state index contributed by atoms with van der Waals surface area (Å²) in [5, 5.41) is 9.50. The van der Waals surface area contributed by atoms with E-state index in [4.69, 9.17) is 0 Å². The number of hydrogen-bond acceptors (Lipinski definition) is 4. The van der Waals surface area contributed by atoms with Gasteiger partial charge in [0, 0.05) is 18.3 Å². The second-order valence-electron chi connectivity index (χ2n) is 4.67. The highest BCUT2D eigenvalue weighted by Crippen LogP contribution is 2.32. The minimum absolute atomic E-state index is 0.644. The molecule has 0 saturated heterocycles. The predicted molar refractivity (Wildman–Crippen MR) is 71.2 cm³/mol. The van der Waals surface area contributed by atoms with Gasteiger partial charge in [0.1, 0.15) is 6.33 Å². The number of rotatable bonds is 5. The first-order valence-electron chi connectivity index (χ1n) is 6.55. The summed E-state index contributed by atoms with van der Waals surface area (Å²) < 4.78 is 1.87. The first kappa shape index (κ1) is 12.9. The number of aromatic nitrogens is 3. The molecule has 1 aromatic heterocycles. The molecule has 1 aliphatic rings. The second-order valence-corrected chi connectivity index (χ2v) is 5.87. The third kappa shape index (κ3) is 3.45. The van der Waals surface area contributed by atoms with Crippen molar-refractivity contribution >= 4 is 11.8 Å². The van der Waals surface area contributed by atoms with Gasteiger partial charge in [0.15, 0.2) is 5.16 Å². The first-order valence-corrected chi connectivity index (χ1v) is 7.43. The van der Waals surface area contributed by atoms with E-state index in [0.717, 1.165) is 11.7 Å². The van der Waals surface area contributed by atoms with Crippen LogP contribution >= 0.6 is 11.8 Å². The van der Waals surface area contributed by atoms with Crippen LogP contribution in [0.3, 0.4) is 0 Å². The molecule has 0 radical (unpaired) electrons. The average molecular weight is 254 g/mol. The largest absolute Gasteiger partial charge is 0.313 e. The summed E-state index contributed by atoms with van der Waals surface area (Å²) in [6, 6.07) is 0.644. The lowest BCUT2D eigenvalue weighted by molar-refractivity contribution is 0.384. The molecule has 2 rings (SSSR count). The van der Waals surface area contributed by atoms with Gasteiger partial charge in [0.25, 0.3) is 0 Å². The summed E-state index contributed by atoms with van der Waals surface area (Å²) in [6.45, 7) is 3.35. The summed E-state index contributed by atoms with van der Waals surface area (Å²) in [4.78, 5) is 4.31. The second kappa shape index (κ2) is 6.40. The Kier molecular flexibility index (Phi) is 4.86. The Bertz CT molecular complexity index is 339. The van der Waals surface area contributed by atoms with Gasteiger partial charge in [-0.25, -0.2) is 9.67 Å². The molecule has 0 aromatic carbocycles. The fraction of sp³-hybridized carbons (Fsp3) is 0.833. The molecule has 0 amide bonds. The SMILES string of the molecule is CCCNC1CCCCC1Sc1ncnn1C. The van der Waals surface area contributed by atoms with E-state index in [1.54, 1.807) is 6.33 Å². The predicted octanol–water partition coefficient (Wildman–Crippen LogP) is 2.22. The normalized spacial score (nSPS) is 25.1. The van der Waals surface area contributed by atoms with Crippen LogP contribution < -0.4 is 5.32 Å². The molecule has 0 bridgehead atoms. The number of aryl methyl sites for hydroxylation is 1. The Morgan fingerprint density at radius 1 is 1.47 bits per heavy atom. The van der Waals surface area contributed by atoms with Crippen LogP contribution in [-0.4, -0.2) is 32.6 Å². The van der Waals surface area contributed by atoms with Gasteiger partial charge >= 0.3 is 0 Å². The standard InChI is InChI=1S/C12H22N4S/c1-3-8-13-10-6-4-5-7-11(10)17-12-14-9-15-16(12)2/h9-11,13H,3-8H2,1-2H3. The van der Waals surface area contributed by atoms with Crippen LogP contribution in [0.25, 0.3) is 0 Å². The summed E-state index contributed by atoms with van der Waals surface area (Å²) in [5.41, 5.74) is 0. The van der Waals surface area contributed by atoms with Crippen molar-refractivity contribution in [2.24, 2.45) is 7.05 Å². The van der Waals surface area contributed by atoms with E-state index in [1.165, 1.54) is 32.1 Å². The maximum absolute atomic E-state index is 4.31. The Balaban J connectivity index is 1.94. The fourth-order valence-electron chi connectivity index (χ4n) is 2.33. The molecule has 1 N–H and O–H groups in total. The van der Waals surface area contributed by atoms with Crippen molar-refractivity contribution in [3.63, 3.8) is 0 Å². The van der Waals surface area contributed by atoms with E-state index in [0.29, 0.717) is 11.3 Å². The van der Waals surface area contributed by atoms with Crippen LogP contribution in [0, 0.1) is 0 Å². The van der Waals surface area contributed by atoms with E-state index >= 15 is 0 Å². The zero-order valence-electron chi connectivity index (χ0n) is 10.7. The molecule has 1 aliphatic carbocycles. The first-order chi connectivity index (χ1) is 8.31. The van der Waals surface area contributed by atoms with Crippen molar-refractivity contribution in [3.05, 3.63) is 6.33 Å². The van der Waals surface area contributed by atoms with Gasteiger partial charge < -0.3 is 5.32 Å².